The van der Waals surface area contributed by atoms with Crippen molar-refractivity contribution >= 4 is 0 Å². The van der Waals surface area contributed by atoms with Crippen LogP contribution in [0.5, 0.6) is 0 Å². The van der Waals surface area contributed by atoms with E-state index in [0.717, 1.165) is 24.2 Å². The molecule has 100 valence electrons. The molecule has 1 aromatic heterocycles. The van der Waals surface area contributed by atoms with Crippen LogP contribution in [0.4, 0.5) is 4.39 Å². The molecule has 0 spiro atoms. The first kappa shape index (κ1) is 12.3. The number of hydrogen-bond donors (Lipinski definition) is 2. The molecule has 0 radical (unpaired) electrons. The van der Waals surface area contributed by atoms with Crippen molar-refractivity contribution in [1.82, 2.24) is 20.5 Å². The molecule has 1 unspecified atom stereocenters. The van der Waals surface area contributed by atoms with E-state index in [0.29, 0.717) is 12.0 Å². The highest BCUT2D eigenvalue weighted by molar-refractivity contribution is 5.23. The Kier molecular flexibility index (Phi) is 3.29. The van der Waals surface area contributed by atoms with Crippen molar-refractivity contribution < 1.29 is 4.39 Å². The fourth-order valence-electron chi connectivity index (χ4n) is 2.64. The minimum absolute atomic E-state index is 0.149. The van der Waals surface area contributed by atoms with Crippen LogP contribution in [0.25, 0.3) is 0 Å². The summed E-state index contributed by atoms with van der Waals surface area (Å²) in [7, 11) is 0. The van der Waals surface area contributed by atoms with Crippen LogP contribution in [0, 0.1) is 5.82 Å². The van der Waals surface area contributed by atoms with Crippen molar-refractivity contribution in [2.45, 2.75) is 37.8 Å². The number of hydrogen-bond acceptors (Lipinski definition) is 3. The van der Waals surface area contributed by atoms with Crippen molar-refractivity contribution in [3.63, 3.8) is 0 Å². The van der Waals surface area contributed by atoms with Gasteiger partial charge in [0.1, 0.15) is 18.0 Å². The maximum atomic E-state index is 13.1. The molecule has 5 heteroatoms. The third kappa shape index (κ3) is 2.66. The predicted molar refractivity (Wildman–Crippen MR) is 70.1 cm³/mol. The molecule has 4 nitrogen and oxygen atoms in total. The number of H-pyrrole nitrogens is 1. The first-order valence-corrected chi connectivity index (χ1v) is 6.59. The summed E-state index contributed by atoms with van der Waals surface area (Å²) in [6.45, 7) is 2.07. The summed E-state index contributed by atoms with van der Waals surface area (Å²) in [5.74, 6) is 1.17. The van der Waals surface area contributed by atoms with Crippen LogP contribution < -0.4 is 5.32 Å². The van der Waals surface area contributed by atoms with Crippen LogP contribution in [0.3, 0.4) is 0 Å². The monoisotopic (exact) mass is 260 g/mol. The van der Waals surface area contributed by atoms with Crippen LogP contribution in [0.15, 0.2) is 30.6 Å². The third-order valence-corrected chi connectivity index (χ3v) is 3.79. The van der Waals surface area contributed by atoms with Gasteiger partial charge in [-0.2, -0.15) is 5.10 Å². The lowest BCUT2D eigenvalue weighted by Gasteiger charge is -2.37. The molecule has 0 aliphatic heterocycles. The minimum Gasteiger partial charge on any atom is -0.305 e. The first-order valence-electron chi connectivity index (χ1n) is 6.59. The molecule has 0 amide bonds. The third-order valence-electron chi connectivity index (χ3n) is 3.79. The Morgan fingerprint density at radius 1 is 1.42 bits per heavy atom. The van der Waals surface area contributed by atoms with Crippen LogP contribution in [-0.2, 0) is 0 Å². The van der Waals surface area contributed by atoms with Crippen LogP contribution in [0.1, 0.15) is 43.1 Å². The molecule has 19 heavy (non-hydrogen) atoms. The van der Waals surface area contributed by atoms with Crippen LogP contribution in [0.2, 0.25) is 0 Å². The number of benzene rings is 1. The molecule has 1 atom stereocenters. The zero-order valence-electron chi connectivity index (χ0n) is 10.8. The second kappa shape index (κ2) is 5.09. The number of aromatic nitrogens is 3. The Balaban J connectivity index is 1.53. The number of rotatable bonds is 4. The van der Waals surface area contributed by atoms with Gasteiger partial charge in [0.15, 0.2) is 0 Å². The van der Waals surface area contributed by atoms with Crippen molar-refractivity contribution in [1.29, 1.82) is 0 Å². The lowest BCUT2D eigenvalue weighted by molar-refractivity contribution is 0.267. The minimum atomic E-state index is -0.149. The average Bonchev–Trinajstić information content (AvgIpc) is 2.86. The SMILES string of the molecule is CC(NC1CC(c2cccc(F)c2)C1)c1ncn[nH]1. The fourth-order valence-corrected chi connectivity index (χ4v) is 2.64. The topological polar surface area (TPSA) is 53.6 Å². The van der Waals surface area contributed by atoms with E-state index in [2.05, 4.69) is 27.4 Å². The molecule has 2 N–H and O–H groups in total. The molecule has 1 saturated carbocycles. The van der Waals surface area contributed by atoms with Gasteiger partial charge in [0.05, 0.1) is 6.04 Å². The Hall–Kier alpha value is -1.75. The van der Waals surface area contributed by atoms with Gasteiger partial charge >= 0.3 is 0 Å². The van der Waals surface area contributed by atoms with Gasteiger partial charge < -0.3 is 5.32 Å². The van der Waals surface area contributed by atoms with E-state index in [1.165, 1.54) is 12.4 Å². The molecular weight excluding hydrogens is 243 g/mol. The number of aromatic amines is 1. The molecule has 3 rings (SSSR count). The first-order chi connectivity index (χ1) is 9.22. The van der Waals surface area contributed by atoms with Gasteiger partial charge in [0.2, 0.25) is 0 Å². The Morgan fingerprint density at radius 2 is 2.26 bits per heavy atom. The molecule has 1 fully saturated rings. The van der Waals surface area contributed by atoms with E-state index in [9.17, 15) is 4.39 Å². The molecular formula is C14H17FN4. The second-order valence-corrected chi connectivity index (χ2v) is 5.18. The van der Waals surface area contributed by atoms with Gasteiger partial charge in [-0.05, 0) is 43.4 Å². The number of nitrogens with zero attached hydrogens (tertiary/aromatic N) is 2. The van der Waals surface area contributed by atoms with Gasteiger partial charge in [-0.1, -0.05) is 12.1 Å². The standard InChI is InChI=1S/C14H17FN4/c1-9(14-16-8-17-19-14)18-13-6-11(7-13)10-3-2-4-12(15)5-10/h2-5,8-9,11,13,18H,6-7H2,1H3,(H,16,17,19). The smallest absolute Gasteiger partial charge is 0.141 e. The zero-order chi connectivity index (χ0) is 13.2. The summed E-state index contributed by atoms with van der Waals surface area (Å²) in [6, 6.07) is 7.55. The van der Waals surface area contributed by atoms with Gasteiger partial charge in [0, 0.05) is 6.04 Å². The fraction of sp³-hybridized carbons (Fsp3) is 0.429. The highest BCUT2D eigenvalue weighted by Gasteiger charge is 2.31. The van der Waals surface area contributed by atoms with Gasteiger partial charge in [0.25, 0.3) is 0 Å². The average molecular weight is 260 g/mol. The molecule has 1 heterocycles. The zero-order valence-corrected chi connectivity index (χ0v) is 10.8. The number of halogens is 1. The van der Waals surface area contributed by atoms with Crippen molar-refractivity contribution in [3.05, 3.63) is 47.8 Å². The molecule has 0 bridgehead atoms. The molecule has 1 aromatic carbocycles. The summed E-state index contributed by atoms with van der Waals surface area (Å²) >= 11 is 0. The van der Waals surface area contributed by atoms with Crippen LogP contribution >= 0.6 is 0 Å². The Labute approximate surface area is 111 Å². The van der Waals surface area contributed by atoms with E-state index >= 15 is 0 Å². The van der Waals surface area contributed by atoms with E-state index < -0.39 is 0 Å². The predicted octanol–water partition coefficient (Wildman–Crippen LogP) is 2.54. The van der Waals surface area contributed by atoms with Crippen molar-refractivity contribution in [3.8, 4) is 0 Å². The lowest BCUT2D eigenvalue weighted by Crippen LogP contribution is -2.41. The molecule has 1 aliphatic carbocycles. The highest BCUT2D eigenvalue weighted by atomic mass is 19.1. The van der Waals surface area contributed by atoms with Crippen molar-refractivity contribution in [2.75, 3.05) is 0 Å². The molecule has 1 aliphatic rings. The highest BCUT2D eigenvalue weighted by Crippen LogP contribution is 2.37. The quantitative estimate of drug-likeness (QED) is 0.888. The summed E-state index contributed by atoms with van der Waals surface area (Å²) in [4.78, 5) is 4.14. The van der Waals surface area contributed by atoms with E-state index in [-0.39, 0.29) is 11.9 Å². The van der Waals surface area contributed by atoms with Crippen molar-refractivity contribution in [2.24, 2.45) is 0 Å². The lowest BCUT2D eigenvalue weighted by atomic mass is 9.75. The normalized spacial score (nSPS) is 23.9. The maximum Gasteiger partial charge on any atom is 0.141 e. The number of nitrogens with one attached hydrogen (secondary N) is 2. The van der Waals surface area contributed by atoms with E-state index in [1.54, 1.807) is 12.1 Å². The van der Waals surface area contributed by atoms with Gasteiger partial charge in [-0.3, -0.25) is 5.10 Å². The second-order valence-electron chi connectivity index (χ2n) is 5.18. The van der Waals surface area contributed by atoms with E-state index in [4.69, 9.17) is 0 Å². The molecule has 0 saturated heterocycles. The summed E-state index contributed by atoms with van der Waals surface area (Å²) < 4.78 is 13.1. The Morgan fingerprint density at radius 3 is 2.95 bits per heavy atom. The van der Waals surface area contributed by atoms with Crippen LogP contribution in [-0.4, -0.2) is 21.2 Å². The van der Waals surface area contributed by atoms with Gasteiger partial charge in [-0.15, -0.1) is 0 Å². The maximum absolute atomic E-state index is 13.1. The largest absolute Gasteiger partial charge is 0.305 e. The van der Waals surface area contributed by atoms with E-state index in [1.807, 2.05) is 6.07 Å². The summed E-state index contributed by atoms with van der Waals surface area (Å²) in [5.41, 5.74) is 1.10. The summed E-state index contributed by atoms with van der Waals surface area (Å²) in [5, 5.41) is 10.2. The molecule has 2 aromatic rings. The van der Waals surface area contributed by atoms with Gasteiger partial charge in [-0.25, -0.2) is 9.37 Å². The summed E-state index contributed by atoms with van der Waals surface area (Å²) in [6.07, 6.45) is 3.60. The Bertz CT molecular complexity index is 534.